The molecule has 3 nitrogen and oxygen atoms in total. The van der Waals surface area contributed by atoms with E-state index in [9.17, 15) is 0 Å². The first-order valence-electron chi connectivity index (χ1n) is 8.15. The lowest BCUT2D eigenvalue weighted by Gasteiger charge is -2.44. The number of rotatable bonds is 3. The zero-order chi connectivity index (χ0) is 14.7. The molecule has 0 aliphatic carbocycles. The molecule has 0 aromatic heterocycles. The summed E-state index contributed by atoms with van der Waals surface area (Å²) in [6.07, 6.45) is 2.64. The highest BCUT2D eigenvalue weighted by molar-refractivity contribution is 9.10. The Morgan fingerprint density at radius 1 is 1.14 bits per heavy atom. The van der Waals surface area contributed by atoms with Crippen molar-refractivity contribution >= 4 is 15.9 Å². The number of nitrogens with one attached hydrogen (secondary N) is 1. The minimum absolute atomic E-state index is 0.650. The molecule has 2 fully saturated rings. The average Bonchev–Trinajstić information content (AvgIpc) is 2.52. The topological polar surface area (TPSA) is 18.5 Å². The van der Waals surface area contributed by atoms with Gasteiger partial charge in [0.15, 0.2) is 0 Å². The Morgan fingerprint density at radius 3 is 2.52 bits per heavy atom. The van der Waals surface area contributed by atoms with Gasteiger partial charge in [0.25, 0.3) is 0 Å². The van der Waals surface area contributed by atoms with Crippen molar-refractivity contribution in [1.29, 1.82) is 0 Å². The van der Waals surface area contributed by atoms with Gasteiger partial charge >= 0.3 is 0 Å². The Kier molecular flexibility index (Phi) is 5.33. The molecule has 2 aliphatic heterocycles. The molecule has 116 valence electrons. The van der Waals surface area contributed by atoms with Crippen LogP contribution in [0.1, 0.15) is 25.3 Å². The zero-order valence-corrected chi connectivity index (χ0v) is 14.5. The summed E-state index contributed by atoms with van der Waals surface area (Å²) < 4.78 is 1.16. The van der Waals surface area contributed by atoms with Crippen LogP contribution in [0.5, 0.6) is 0 Å². The minimum atomic E-state index is 0.650. The van der Waals surface area contributed by atoms with Crippen molar-refractivity contribution in [3.63, 3.8) is 0 Å². The van der Waals surface area contributed by atoms with Crippen LogP contribution in [0, 0.1) is 0 Å². The van der Waals surface area contributed by atoms with E-state index in [2.05, 4.69) is 62.2 Å². The van der Waals surface area contributed by atoms with E-state index in [4.69, 9.17) is 0 Å². The van der Waals surface area contributed by atoms with E-state index in [0.717, 1.165) is 17.1 Å². The summed E-state index contributed by atoms with van der Waals surface area (Å²) in [4.78, 5) is 5.35. The maximum Gasteiger partial charge on any atom is 0.0237 e. The van der Waals surface area contributed by atoms with E-state index < -0.39 is 0 Å². The van der Waals surface area contributed by atoms with Crippen molar-refractivity contribution in [2.75, 3.05) is 32.7 Å². The maximum absolute atomic E-state index is 3.51. The van der Waals surface area contributed by atoms with Gasteiger partial charge in [0, 0.05) is 42.7 Å². The van der Waals surface area contributed by atoms with Crippen LogP contribution in [0.3, 0.4) is 0 Å². The normalized spacial score (nSPS) is 26.1. The number of hydrogen-bond acceptors (Lipinski definition) is 3. The molecule has 2 aliphatic rings. The predicted molar refractivity (Wildman–Crippen MR) is 91.5 cm³/mol. The molecule has 2 heterocycles. The largest absolute Gasteiger partial charge is 0.317 e. The van der Waals surface area contributed by atoms with Gasteiger partial charge in [-0.05, 0) is 50.6 Å². The molecule has 0 bridgehead atoms. The van der Waals surface area contributed by atoms with Crippen LogP contribution in [-0.2, 0) is 6.54 Å². The molecule has 1 N–H and O–H groups in total. The number of halogens is 1. The van der Waals surface area contributed by atoms with E-state index in [1.165, 1.54) is 51.1 Å². The quantitative estimate of drug-likeness (QED) is 0.903. The van der Waals surface area contributed by atoms with E-state index in [0.29, 0.717) is 6.04 Å². The van der Waals surface area contributed by atoms with Crippen molar-refractivity contribution in [3.05, 3.63) is 34.3 Å². The fourth-order valence-electron chi connectivity index (χ4n) is 3.59. The summed E-state index contributed by atoms with van der Waals surface area (Å²) in [7, 11) is 0. The standard InChI is InChI=1S/C17H26BrN3/c1-14-12-21(17-6-8-19-9-7-17)11-10-20(14)13-15-2-4-16(18)5-3-15/h2-5,14,17,19H,6-13H2,1H3. The van der Waals surface area contributed by atoms with Gasteiger partial charge in [0.1, 0.15) is 0 Å². The van der Waals surface area contributed by atoms with Crippen LogP contribution in [0.15, 0.2) is 28.7 Å². The van der Waals surface area contributed by atoms with Crippen molar-refractivity contribution in [3.8, 4) is 0 Å². The molecule has 1 atom stereocenters. The van der Waals surface area contributed by atoms with Gasteiger partial charge in [-0.3, -0.25) is 9.80 Å². The highest BCUT2D eigenvalue weighted by atomic mass is 79.9. The second kappa shape index (κ2) is 7.23. The van der Waals surface area contributed by atoms with Gasteiger partial charge in [-0.1, -0.05) is 28.1 Å². The summed E-state index contributed by atoms with van der Waals surface area (Å²) in [5.41, 5.74) is 1.42. The third-order valence-electron chi connectivity index (χ3n) is 4.92. The van der Waals surface area contributed by atoms with Crippen molar-refractivity contribution in [2.45, 2.75) is 38.4 Å². The lowest BCUT2D eigenvalue weighted by atomic mass is 10.0. The fourth-order valence-corrected chi connectivity index (χ4v) is 3.85. The molecule has 0 radical (unpaired) electrons. The van der Waals surface area contributed by atoms with E-state index in [1.807, 2.05) is 0 Å². The first-order valence-corrected chi connectivity index (χ1v) is 8.95. The lowest BCUT2D eigenvalue weighted by molar-refractivity contribution is 0.0412. The SMILES string of the molecule is CC1CN(C2CCNCC2)CCN1Cc1ccc(Br)cc1. The van der Waals surface area contributed by atoms with Crippen LogP contribution in [0.2, 0.25) is 0 Å². The summed E-state index contributed by atoms with van der Waals surface area (Å²) >= 11 is 3.51. The first-order chi connectivity index (χ1) is 10.2. The highest BCUT2D eigenvalue weighted by Gasteiger charge is 2.28. The molecule has 1 aromatic carbocycles. The van der Waals surface area contributed by atoms with Crippen LogP contribution in [-0.4, -0.2) is 54.6 Å². The summed E-state index contributed by atoms with van der Waals surface area (Å²) in [5, 5.41) is 3.47. The van der Waals surface area contributed by atoms with Gasteiger partial charge in [-0.15, -0.1) is 0 Å². The molecular weight excluding hydrogens is 326 g/mol. The number of piperazine rings is 1. The third kappa shape index (κ3) is 4.07. The third-order valence-corrected chi connectivity index (χ3v) is 5.45. The molecule has 0 spiro atoms. The van der Waals surface area contributed by atoms with Gasteiger partial charge in [-0.2, -0.15) is 0 Å². The van der Waals surface area contributed by atoms with Gasteiger partial charge in [0.2, 0.25) is 0 Å². The second-order valence-corrected chi connectivity index (χ2v) is 7.34. The molecule has 1 aromatic rings. The molecule has 0 amide bonds. The second-order valence-electron chi connectivity index (χ2n) is 6.42. The van der Waals surface area contributed by atoms with Crippen LogP contribution in [0.4, 0.5) is 0 Å². The average molecular weight is 352 g/mol. The Balaban J connectivity index is 1.54. The number of piperidine rings is 1. The molecule has 21 heavy (non-hydrogen) atoms. The Morgan fingerprint density at radius 2 is 1.86 bits per heavy atom. The van der Waals surface area contributed by atoms with Crippen LogP contribution >= 0.6 is 15.9 Å². The van der Waals surface area contributed by atoms with Gasteiger partial charge in [-0.25, -0.2) is 0 Å². The summed E-state index contributed by atoms with van der Waals surface area (Å²) in [5.74, 6) is 0. The Labute approximate surface area is 136 Å². The highest BCUT2D eigenvalue weighted by Crippen LogP contribution is 2.20. The van der Waals surface area contributed by atoms with Crippen molar-refractivity contribution in [2.24, 2.45) is 0 Å². The predicted octanol–water partition coefficient (Wildman–Crippen LogP) is 2.71. The van der Waals surface area contributed by atoms with Gasteiger partial charge in [0.05, 0.1) is 0 Å². The minimum Gasteiger partial charge on any atom is -0.317 e. The Bertz CT molecular complexity index is 442. The summed E-state index contributed by atoms with van der Waals surface area (Å²) in [6, 6.07) is 10.2. The van der Waals surface area contributed by atoms with Crippen molar-refractivity contribution in [1.82, 2.24) is 15.1 Å². The molecular formula is C17H26BrN3. The van der Waals surface area contributed by atoms with Crippen molar-refractivity contribution < 1.29 is 0 Å². The van der Waals surface area contributed by atoms with E-state index in [1.54, 1.807) is 0 Å². The van der Waals surface area contributed by atoms with E-state index >= 15 is 0 Å². The lowest BCUT2D eigenvalue weighted by Crippen LogP contribution is -2.56. The number of nitrogens with zero attached hydrogens (tertiary/aromatic N) is 2. The zero-order valence-electron chi connectivity index (χ0n) is 12.9. The maximum atomic E-state index is 3.51. The monoisotopic (exact) mass is 351 g/mol. The summed E-state index contributed by atoms with van der Waals surface area (Å²) in [6.45, 7) is 9.49. The van der Waals surface area contributed by atoms with Gasteiger partial charge < -0.3 is 5.32 Å². The molecule has 4 heteroatoms. The van der Waals surface area contributed by atoms with E-state index in [-0.39, 0.29) is 0 Å². The van der Waals surface area contributed by atoms with Crippen LogP contribution in [0.25, 0.3) is 0 Å². The smallest absolute Gasteiger partial charge is 0.0237 e. The molecule has 0 saturated carbocycles. The number of hydrogen-bond donors (Lipinski definition) is 1. The molecule has 3 rings (SSSR count). The molecule has 2 saturated heterocycles. The Hall–Kier alpha value is -0.420. The fraction of sp³-hybridized carbons (Fsp3) is 0.647. The van der Waals surface area contributed by atoms with Crippen LogP contribution < -0.4 is 5.32 Å². The number of benzene rings is 1. The first kappa shape index (κ1) is 15.5. The molecule has 1 unspecified atom stereocenters.